The number of hydrogen-bond donors (Lipinski definition) is 1. The second kappa shape index (κ2) is 5.78. The third-order valence-corrected chi connectivity index (χ3v) is 3.31. The molecule has 0 fully saturated rings. The van der Waals surface area contributed by atoms with E-state index in [-0.39, 0.29) is 5.02 Å². The molecule has 2 nitrogen and oxygen atoms in total. The molecular weight excluding hydrogens is 290 g/mol. The minimum absolute atomic E-state index is 0.148. The maximum absolute atomic E-state index is 13.0. The van der Waals surface area contributed by atoms with Crippen molar-refractivity contribution in [3.8, 4) is 5.75 Å². The minimum Gasteiger partial charge on any atom is -0.496 e. The Morgan fingerprint density at radius 2 is 1.84 bits per heavy atom. The number of methoxy groups -OCH3 is 1. The van der Waals surface area contributed by atoms with E-state index in [1.807, 2.05) is 0 Å². The van der Waals surface area contributed by atoms with Gasteiger partial charge in [-0.2, -0.15) is 0 Å². The van der Waals surface area contributed by atoms with Crippen molar-refractivity contribution in [1.82, 2.24) is 0 Å². The molecule has 2 aromatic carbocycles. The summed E-state index contributed by atoms with van der Waals surface area (Å²) in [5, 5.41) is 11.0. The zero-order valence-corrected chi connectivity index (χ0v) is 11.5. The van der Waals surface area contributed by atoms with Crippen LogP contribution in [-0.4, -0.2) is 12.2 Å². The van der Waals surface area contributed by atoms with Crippen molar-refractivity contribution >= 4 is 23.2 Å². The van der Waals surface area contributed by atoms with E-state index in [9.17, 15) is 9.50 Å². The van der Waals surface area contributed by atoms with Gasteiger partial charge in [0.2, 0.25) is 0 Å². The van der Waals surface area contributed by atoms with Crippen molar-refractivity contribution in [2.45, 2.75) is 6.10 Å². The number of rotatable bonds is 3. The van der Waals surface area contributed by atoms with Gasteiger partial charge in [0, 0.05) is 21.2 Å². The molecule has 0 aliphatic heterocycles. The van der Waals surface area contributed by atoms with Gasteiger partial charge in [-0.25, -0.2) is 4.39 Å². The van der Waals surface area contributed by atoms with E-state index in [1.54, 1.807) is 18.2 Å². The van der Waals surface area contributed by atoms with Gasteiger partial charge in [0.15, 0.2) is 0 Å². The first-order valence-corrected chi connectivity index (χ1v) is 6.25. The molecule has 0 amide bonds. The van der Waals surface area contributed by atoms with E-state index in [2.05, 4.69) is 0 Å². The molecule has 0 radical (unpaired) electrons. The fourth-order valence-electron chi connectivity index (χ4n) is 1.81. The fraction of sp³-hybridized carbons (Fsp3) is 0.143. The quantitative estimate of drug-likeness (QED) is 0.919. The highest BCUT2D eigenvalue weighted by Gasteiger charge is 2.18. The van der Waals surface area contributed by atoms with Crippen LogP contribution in [0.1, 0.15) is 17.2 Å². The number of ether oxygens (including phenoxy) is 1. The zero-order valence-electron chi connectivity index (χ0n) is 10.0. The van der Waals surface area contributed by atoms with Crippen LogP contribution in [0.15, 0.2) is 36.4 Å². The molecule has 1 N–H and O–H groups in total. The number of halogens is 3. The van der Waals surface area contributed by atoms with E-state index in [1.165, 1.54) is 19.2 Å². The molecule has 0 saturated carbocycles. The third-order valence-electron chi connectivity index (χ3n) is 2.74. The van der Waals surface area contributed by atoms with Crippen molar-refractivity contribution in [1.29, 1.82) is 0 Å². The number of benzene rings is 2. The van der Waals surface area contributed by atoms with Gasteiger partial charge in [0.05, 0.1) is 7.11 Å². The SMILES string of the molecule is COc1ccc(Cl)cc1C(O)c1ccc(F)cc1Cl. The highest BCUT2D eigenvalue weighted by Crippen LogP contribution is 2.35. The van der Waals surface area contributed by atoms with Crippen LogP contribution in [0.5, 0.6) is 5.75 Å². The Bertz CT molecular complexity index is 602. The van der Waals surface area contributed by atoms with E-state index in [0.29, 0.717) is 21.9 Å². The Kier molecular flexibility index (Phi) is 4.30. The zero-order chi connectivity index (χ0) is 14.0. The lowest BCUT2D eigenvalue weighted by Crippen LogP contribution is -2.03. The van der Waals surface area contributed by atoms with Crippen LogP contribution in [0.3, 0.4) is 0 Å². The molecule has 100 valence electrons. The molecule has 0 bridgehead atoms. The first-order valence-electron chi connectivity index (χ1n) is 5.49. The van der Waals surface area contributed by atoms with Crippen molar-refractivity contribution in [2.75, 3.05) is 7.11 Å². The Morgan fingerprint density at radius 3 is 2.47 bits per heavy atom. The van der Waals surface area contributed by atoms with Gasteiger partial charge in [-0.1, -0.05) is 29.3 Å². The van der Waals surface area contributed by atoms with Gasteiger partial charge >= 0.3 is 0 Å². The Hall–Kier alpha value is -1.29. The van der Waals surface area contributed by atoms with Crippen LogP contribution < -0.4 is 4.74 Å². The summed E-state index contributed by atoms with van der Waals surface area (Å²) >= 11 is 11.8. The molecule has 19 heavy (non-hydrogen) atoms. The van der Waals surface area contributed by atoms with Crippen LogP contribution in [0.4, 0.5) is 4.39 Å². The van der Waals surface area contributed by atoms with E-state index >= 15 is 0 Å². The molecule has 5 heteroatoms. The average Bonchev–Trinajstić information content (AvgIpc) is 2.38. The van der Waals surface area contributed by atoms with Crippen LogP contribution in [0.25, 0.3) is 0 Å². The van der Waals surface area contributed by atoms with Gasteiger partial charge in [-0.15, -0.1) is 0 Å². The molecule has 0 spiro atoms. The van der Waals surface area contributed by atoms with Crippen LogP contribution in [-0.2, 0) is 0 Å². The first kappa shape index (κ1) is 14.1. The summed E-state index contributed by atoms with van der Waals surface area (Å²) in [5.41, 5.74) is 0.868. The molecule has 0 saturated heterocycles. The lowest BCUT2D eigenvalue weighted by Gasteiger charge is -2.16. The number of aliphatic hydroxyl groups excluding tert-OH is 1. The van der Waals surface area contributed by atoms with E-state index < -0.39 is 11.9 Å². The molecule has 0 aliphatic carbocycles. The van der Waals surface area contributed by atoms with Crippen LogP contribution in [0, 0.1) is 5.82 Å². The molecule has 0 heterocycles. The molecule has 1 atom stereocenters. The molecule has 0 aromatic heterocycles. The normalized spacial score (nSPS) is 12.3. The van der Waals surface area contributed by atoms with Crippen molar-refractivity contribution in [2.24, 2.45) is 0 Å². The predicted octanol–water partition coefficient (Wildman–Crippen LogP) is 4.22. The van der Waals surface area contributed by atoms with E-state index in [4.69, 9.17) is 27.9 Å². The van der Waals surface area contributed by atoms with Crippen LogP contribution >= 0.6 is 23.2 Å². The number of hydrogen-bond acceptors (Lipinski definition) is 2. The first-order chi connectivity index (χ1) is 9.02. The standard InChI is InChI=1S/C14H11Cl2FO2/c1-19-13-5-2-8(15)6-11(13)14(18)10-4-3-9(17)7-12(10)16/h2-7,14,18H,1H3. The average molecular weight is 301 g/mol. The topological polar surface area (TPSA) is 29.5 Å². The summed E-state index contributed by atoms with van der Waals surface area (Å²) in [4.78, 5) is 0. The second-order valence-electron chi connectivity index (χ2n) is 3.95. The fourth-order valence-corrected chi connectivity index (χ4v) is 2.26. The summed E-state index contributed by atoms with van der Waals surface area (Å²) in [6, 6.07) is 8.72. The van der Waals surface area contributed by atoms with Crippen molar-refractivity contribution < 1.29 is 14.2 Å². The molecule has 2 aromatic rings. The number of aliphatic hydroxyl groups is 1. The van der Waals surface area contributed by atoms with Gasteiger partial charge in [-0.05, 0) is 30.3 Å². The Labute approximate surface area is 120 Å². The highest BCUT2D eigenvalue weighted by molar-refractivity contribution is 6.31. The Morgan fingerprint density at radius 1 is 1.11 bits per heavy atom. The van der Waals surface area contributed by atoms with Crippen molar-refractivity contribution in [3.05, 3.63) is 63.4 Å². The Balaban J connectivity index is 2.49. The summed E-state index contributed by atoms with van der Waals surface area (Å²) in [6.07, 6.45) is -1.04. The molecule has 2 rings (SSSR count). The predicted molar refractivity (Wildman–Crippen MR) is 73.5 cm³/mol. The largest absolute Gasteiger partial charge is 0.496 e. The highest BCUT2D eigenvalue weighted by atomic mass is 35.5. The summed E-state index contributed by atoms with van der Waals surface area (Å²) in [6.45, 7) is 0. The summed E-state index contributed by atoms with van der Waals surface area (Å²) < 4.78 is 18.2. The van der Waals surface area contributed by atoms with Crippen LogP contribution in [0.2, 0.25) is 10.0 Å². The smallest absolute Gasteiger partial charge is 0.125 e. The minimum atomic E-state index is -1.04. The van der Waals surface area contributed by atoms with Gasteiger partial charge in [-0.3, -0.25) is 0 Å². The monoisotopic (exact) mass is 300 g/mol. The van der Waals surface area contributed by atoms with E-state index in [0.717, 1.165) is 6.07 Å². The van der Waals surface area contributed by atoms with Gasteiger partial charge < -0.3 is 9.84 Å². The maximum atomic E-state index is 13.0. The van der Waals surface area contributed by atoms with Gasteiger partial charge in [0.1, 0.15) is 17.7 Å². The lowest BCUT2D eigenvalue weighted by molar-refractivity contribution is 0.214. The second-order valence-corrected chi connectivity index (χ2v) is 4.80. The summed E-state index contributed by atoms with van der Waals surface area (Å²) in [5.74, 6) is 0.0244. The maximum Gasteiger partial charge on any atom is 0.125 e. The van der Waals surface area contributed by atoms with Crippen molar-refractivity contribution in [3.63, 3.8) is 0 Å². The third kappa shape index (κ3) is 3.00. The molecular formula is C14H11Cl2FO2. The molecule has 0 aliphatic rings. The summed E-state index contributed by atoms with van der Waals surface area (Å²) in [7, 11) is 1.49. The lowest BCUT2D eigenvalue weighted by atomic mass is 10.0. The van der Waals surface area contributed by atoms with Gasteiger partial charge in [0.25, 0.3) is 0 Å². The molecule has 1 unspecified atom stereocenters.